The lowest BCUT2D eigenvalue weighted by atomic mass is 10.0. The van der Waals surface area contributed by atoms with E-state index in [0.717, 1.165) is 11.3 Å². The van der Waals surface area contributed by atoms with Crippen LogP contribution >= 0.6 is 0 Å². The molecule has 0 fully saturated rings. The standard InChI is InChI=1S/C16H19N3O2/c17-14(10-12-6-2-1-3-7-12)15(20)16(21)19-11-13-8-4-5-9-18-13/h1-9,14-15,20H,10-11,17H2,(H,19,21). The van der Waals surface area contributed by atoms with E-state index in [9.17, 15) is 9.90 Å². The molecule has 0 saturated heterocycles. The molecule has 2 aromatic rings. The number of hydrogen-bond acceptors (Lipinski definition) is 4. The number of aliphatic hydroxyl groups is 1. The molecule has 5 nitrogen and oxygen atoms in total. The number of hydrogen-bond donors (Lipinski definition) is 3. The first-order chi connectivity index (χ1) is 10.2. The summed E-state index contributed by atoms with van der Waals surface area (Å²) in [4.78, 5) is 16.0. The average molecular weight is 285 g/mol. The number of nitrogens with one attached hydrogen (secondary N) is 1. The Balaban J connectivity index is 1.84. The largest absolute Gasteiger partial charge is 0.382 e. The molecule has 110 valence electrons. The van der Waals surface area contributed by atoms with Crippen molar-refractivity contribution in [3.05, 3.63) is 66.0 Å². The quantitative estimate of drug-likeness (QED) is 0.726. The van der Waals surface area contributed by atoms with Gasteiger partial charge in [0.2, 0.25) is 0 Å². The van der Waals surface area contributed by atoms with Crippen LogP contribution in [0, 0.1) is 0 Å². The Hall–Kier alpha value is -2.24. The van der Waals surface area contributed by atoms with Crippen LogP contribution in [0.25, 0.3) is 0 Å². The average Bonchev–Trinajstić information content (AvgIpc) is 2.53. The van der Waals surface area contributed by atoms with Crippen LogP contribution in [0.15, 0.2) is 54.7 Å². The zero-order valence-corrected chi connectivity index (χ0v) is 11.6. The summed E-state index contributed by atoms with van der Waals surface area (Å²) in [6.45, 7) is 0.273. The van der Waals surface area contributed by atoms with E-state index in [1.807, 2.05) is 36.4 Å². The molecular weight excluding hydrogens is 266 g/mol. The van der Waals surface area contributed by atoms with Gasteiger partial charge in [0.05, 0.1) is 12.2 Å². The van der Waals surface area contributed by atoms with Crippen LogP contribution in [0.2, 0.25) is 0 Å². The number of benzene rings is 1. The van der Waals surface area contributed by atoms with E-state index in [1.165, 1.54) is 0 Å². The van der Waals surface area contributed by atoms with Crippen LogP contribution < -0.4 is 11.1 Å². The maximum Gasteiger partial charge on any atom is 0.250 e. The second-order valence-electron chi connectivity index (χ2n) is 4.84. The highest BCUT2D eigenvalue weighted by molar-refractivity contribution is 5.81. The fraction of sp³-hybridized carbons (Fsp3) is 0.250. The third kappa shape index (κ3) is 4.66. The first-order valence-corrected chi connectivity index (χ1v) is 6.82. The van der Waals surface area contributed by atoms with Gasteiger partial charge < -0.3 is 16.2 Å². The number of carbonyl (C=O) groups excluding carboxylic acids is 1. The number of pyridine rings is 1. The molecule has 1 heterocycles. The van der Waals surface area contributed by atoms with Gasteiger partial charge >= 0.3 is 0 Å². The number of amides is 1. The van der Waals surface area contributed by atoms with Crippen LogP contribution in [0.1, 0.15) is 11.3 Å². The van der Waals surface area contributed by atoms with Crippen molar-refractivity contribution in [1.82, 2.24) is 10.3 Å². The molecule has 0 radical (unpaired) electrons. The number of rotatable bonds is 6. The molecule has 0 aliphatic heterocycles. The van der Waals surface area contributed by atoms with Crippen molar-refractivity contribution in [1.29, 1.82) is 0 Å². The molecule has 2 unspecified atom stereocenters. The Morgan fingerprint density at radius 1 is 1.19 bits per heavy atom. The minimum Gasteiger partial charge on any atom is -0.382 e. The van der Waals surface area contributed by atoms with Gasteiger partial charge in [0.25, 0.3) is 5.91 Å². The highest BCUT2D eigenvalue weighted by Crippen LogP contribution is 2.05. The summed E-state index contributed by atoms with van der Waals surface area (Å²) in [5, 5.41) is 12.6. The summed E-state index contributed by atoms with van der Waals surface area (Å²) in [6.07, 6.45) is 0.854. The zero-order chi connectivity index (χ0) is 15.1. The van der Waals surface area contributed by atoms with Crippen LogP contribution in [0.5, 0.6) is 0 Å². The Morgan fingerprint density at radius 2 is 1.90 bits per heavy atom. The predicted octanol–water partition coefficient (Wildman–Crippen LogP) is 0.629. The lowest BCUT2D eigenvalue weighted by Gasteiger charge is -2.18. The van der Waals surface area contributed by atoms with Gasteiger partial charge in [-0.3, -0.25) is 9.78 Å². The topological polar surface area (TPSA) is 88.2 Å². The van der Waals surface area contributed by atoms with Crippen LogP contribution in [-0.4, -0.2) is 28.1 Å². The van der Waals surface area contributed by atoms with Gasteiger partial charge in [-0.2, -0.15) is 0 Å². The molecule has 4 N–H and O–H groups in total. The van der Waals surface area contributed by atoms with Crippen LogP contribution in [0.3, 0.4) is 0 Å². The predicted molar refractivity (Wildman–Crippen MR) is 80.2 cm³/mol. The maximum atomic E-state index is 11.9. The van der Waals surface area contributed by atoms with E-state index in [0.29, 0.717) is 6.42 Å². The van der Waals surface area contributed by atoms with Crippen LogP contribution in [0.4, 0.5) is 0 Å². The lowest BCUT2D eigenvalue weighted by Crippen LogP contribution is -2.47. The van der Waals surface area contributed by atoms with E-state index in [4.69, 9.17) is 5.73 Å². The van der Waals surface area contributed by atoms with Gasteiger partial charge in [-0.1, -0.05) is 36.4 Å². The lowest BCUT2D eigenvalue weighted by molar-refractivity contribution is -0.130. The van der Waals surface area contributed by atoms with Gasteiger partial charge in [-0.05, 0) is 24.1 Å². The van der Waals surface area contributed by atoms with E-state index in [2.05, 4.69) is 10.3 Å². The van der Waals surface area contributed by atoms with Gasteiger partial charge in [0.1, 0.15) is 6.10 Å². The minimum absolute atomic E-state index is 0.273. The number of aromatic nitrogens is 1. The van der Waals surface area contributed by atoms with Gasteiger partial charge in [0, 0.05) is 12.2 Å². The van der Waals surface area contributed by atoms with Crippen LogP contribution in [-0.2, 0) is 17.8 Å². The number of carbonyl (C=O) groups is 1. The van der Waals surface area contributed by atoms with Crippen molar-refractivity contribution >= 4 is 5.91 Å². The van der Waals surface area contributed by atoms with E-state index in [-0.39, 0.29) is 6.54 Å². The van der Waals surface area contributed by atoms with Crippen molar-refractivity contribution < 1.29 is 9.90 Å². The van der Waals surface area contributed by atoms with Gasteiger partial charge in [-0.25, -0.2) is 0 Å². The summed E-state index contributed by atoms with van der Waals surface area (Å²) in [5.41, 5.74) is 7.61. The number of nitrogens with zero attached hydrogens (tertiary/aromatic N) is 1. The molecule has 2 rings (SSSR count). The maximum absolute atomic E-state index is 11.9. The summed E-state index contributed by atoms with van der Waals surface area (Å²) in [6, 6.07) is 14.3. The van der Waals surface area contributed by atoms with E-state index >= 15 is 0 Å². The highest BCUT2D eigenvalue weighted by atomic mass is 16.3. The third-order valence-electron chi connectivity index (χ3n) is 3.16. The van der Waals surface area contributed by atoms with Crippen molar-refractivity contribution in [2.75, 3.05) is 0 Å². The molecule has 0 spiro atoms. The minimum atomic E-state index is -1.24. The first kappa shape index (κ1) is 15.2. The Bertz CT molecular complexity index is 560. The molecule has 1 amide bonds. The first-order valence-electron chi connectivity index (χ1n) is 6.82. The molecule has 1 aromatic carbocycles. The summed E-state index contributed by atoms with van der Waals surface area (Å²) < 4.78 is 0. The van der Waals surface area contributed by atoms with E-state index in [1.54, 1.807) is 18.3 Å². The molecule has 21 heavy (non-hydrogen) atoms. The van der Waals surface area contributed by atoms with Gasteiger partial charge in [0.15, 0.2) is 0 Å². The highest BCUT2D eigenvalue weighted by Gasteiger charge is 2.22. The summed E-state index contributed by atoms with van der Waals surface area (Å²) >= 11 is 0. The van der Waals surface area contributed by atoms with Crippen molar-refractivity contribution in [2.24, 2.45) is 5.73 Å². The van der Waals surface area contributed by atoms with E-state index < -0.39 is 18.1 Å². The molecule has 2 atom stereocenters. The molecular formula is C16H19N3O2. The molecule has 0 aliphatic rings. The SMILES string of the molecule is NC(Cc1ccccc1)C(O)C(=O)NCc1ccccn1. The summed E-state index contributed by atoms with van der Waals surface area (Å²) in [7, 11) is 0. The monoisotopic (exact) mass is 285 g/mol. The second kappa shape index (κ2) is 7.52. The molecule has 0 saturated carbocycles. The van der Waals surface area contributed by atoms with Gasteiger partial charge in [-0.15, -0.1) is 0 Å². The van der Waals surface area contributed by atoms with Crippen molar-refractivity contribution in [3.8, 4) is 0 Å². The third-order valence-corrected chi connectivity index (χ3v) is 3.16. The molecule has 0 aliphatic carbocycles. The normalized spacial score (nSPS) is 13.4. The van der Waals surface area contributed by atoms with Crippen molar-refractivity contribution in [3.63, 3.8) is 0 Å². The Kier molecular flexibility index (Phi) is 5.43. The molecule has 1 aromatic heterocycles. The Morgan fingerprint density at radius 3 is 2.57 bits per heavy atom. The Labute approximate surface area is 123 Å². The number of aliphatic hydroxyl groups excluding tert-OH is 1. The summed E-state index contributed by atoms with van der Waals surface area (Å²) in [5.74, 6) is -0.482. The smallest absolute Gasteiger partial charge is 0.250 e. The molecule has 5 heteroatoms. The van der Waals surface area contributed by atoms with Crippen molar-refractivity contribution in [2.45, 2.75) is 25.1 Å². The number of nitrogens with two attached hydrogens (primary N) is 1. The molecule has 0 bridgehead atoms. The fourth-order valence-corrected chi connectivity index (χ4v) is 1.98. The zero-order valence-electron chi connectivity index (χ0n) is 11.6. The fourth-order valence-electron chi connectivity index (χ4n) is 1.98. The second-order valence-corrected chi connectivity index (χ2v) is 4.84.